The van der Waals surface area contributed by atoms with Crippen LogP contribution < -0.4 is 16.0 Å². The zero-order valence-corrected chi connectivity index (χ0v) is 13.6. The average molecular weight is 329 g/mol. The molecule has 6 heteroatoms. The second-order valence-electron chi connectivity index (χ2n) is 4.91. The topological polar surface area (TPSA) is 53.2 Å². The molecule has 2 aromatic rings. The summed E-state index contributed by atoms with van der Waals surface area (Å²) >= 11 is 6.82. The lowest BCUT2D eigenvalue weighted by atomic mass is 10.0. The van der Waals surface area contributed by atoms with E-state index in [-0.39, 0.29) is 11.9 Å². The van der Waals surface area contributed by atoms with Crippen LogP contribution in [-0.4, -0.2) is 11.0 Å². The Morgan fingerprint density at radius 2 is 2.00 bits per heavy atom. The number of benzene rings is 1. The number of carbonyl (C=O) groups excluding carboxylic acids is 1. The Hall–Kier alpha value is -2.18. The Labute approximate surface area is 138 Å². The molecular formula is C16H15N3OS2. The van der Waals surface area contributed by atoms with Gasteiger partial charge in [0, 0.05) is 16.3 Å². The Morgan fingerprint density at radius 3 is 2.68 bits per heavy atom. The molecule has 1 aromatic carbocycles. The van der Waals surface area contributed by atoms with E-state index in [4.69, 9.17) is 12.2 Å². The number of allylic oxidation sites excluding steroid dienone is 1. The van der Waals surface area contributed by atoms with Crippen molar-refractivity contribution in [2.45, 2.75) is 13.0 Å². The van der Waals surface area contributed by atoms with Gasteiger partial charge in [-0.3, -0.25) is 4.79 Å². The van der Waals surface area contributed by atoms with E-state index < -0.39 is 0 Å². The molecule has 1 atom stereocenters. The monoisotopic (exact) mass is 329 g/mol. The lowest BCUT2D eigenvalue weighted by molar-refractivity contribution is -0.113. The van der Waals surface area contributed by atoms with Crippen LogP contribution in [0.15, 0.2) is 59.1 Å². The minimum atomic E-state index is -0.225. The number of anilines is 1. The minimum Gasteiger partial charge on any atom is -0.350 e. The second kappa shape index (κ2) is 6.29. The molecule has 0 saturated heterocycles. The standard InChI is InChI=1S/C16H15N3OS2/c1-10-13(15(20)18-11-6-3-2-4-7-11)14(19-16(21)17-10)12-8-5-9-22-12/h2-9,14H,1H3,(H,18,20)(H2,17,19,21)/t14-/m1/s1. The maximum atomic E-state index is 12.7. The van der Waals surface area contributed by atoms with Gasteiger partial charge in [-0.1, -0.05) is 24.3 Å². The van der Waals surface area contributed by atoms with E-state index in [0.29, 0.717) is 10.7 Å². The number of carbonyl (C=O) groups is 1. The zero-order chi connectivity index (χ0) is 15.5. The highest BCUT2D eigenvalue weighted by molar-refractivity contribution is 7.80. The van der Waals surface area contributed by atoms with Crippen molar-refractivity contribution >= 4 is 40.3 Å². The maximum Gasteiger partial charge on any atom is 0.255 e. The highest BCUT2D eigenvalue weighted by Crippen LogP contribution is 2.30. The van der Waals surface area contributed by atoms with Gasteiger partial charge in [-0.05, 0) is 42.7 Å². The maximum absolute atomic E-state index is 12.7. The summed E-state index contributed by atoms with van der Waals surface area (Å²) in [5.41, 5.74) is 2.20. The van der Waals surface area contributed by atoms with Crippen molar-refractivity contribution in [3.63, 3.8) is 0 Å². The molecule has 0 spiro atoms. The van der Waals surface area contributed by atoms with Crippen LogP contribution in [0.1, 0.15) is 17.8 Å². The number of rotatable bonds is 3. The molecule has 0 bridgehead atoms. The SMILES string of the molecule is CC1=C(C(=O)Nc2ccccc2)[C@@H](c2cccs2)NC(=S)N1. The highest BCUT2D eigenvalue weighted by atomic mass is 32.1. The van der Waals surface area contributed by atoms with Crippen molar-refractivity contribution < 1.29 is 4.79 Å². The van der Waals surface area contributed by atoms with E-state index in [1.165, 1.54) is 0 Å². The van der Waals surface area contributed by atoms with Gasteiger partial charge in [0.05, 0.1) is 11.6 Å². The van der Waals surface area contributed by atoms with Crippen molar-refractivity contribution in [1.82, 2.24) is 10.6 Å². The number of amides is 1. The fourth-order valence-electron chi connectivity index (χ4n) is 2.38. The number of thiophene rings is 1. The molecule has 0 saturated carbocycles. The summed E-state index contributed by atoms with van der Waals surface area (Å²) in [6, 6.07) is 13.2. The molecule has 3 N–H and O–H groups in total. The van der Waals surface area contributed by atoms with Gasteiger partial charge < -0.3 is 16.0 Å². The molecule has 112 valence electrons. The van der Waals surface area contributed by atoms with E-state index in [1.54, 1.807) is 11.3 Å². The van der Waals surface area contributed by atoms with Crippen LogP contribution in [0.5, 0.6) is 0 Å². The number of nitrogens with one attached hydrogen (secondary N) is 3. The molecule has 0 radical (unpaired) electrons. The number of hydrogen-bond donors (Lipinski definition) is 3. The van der Waals surface area contributed by atoms with Crippen molar-refractivity contribution in [1.29, 1.82) is 0 Å². The lowest BCUT2D eigenvalue weighted by Gasteiger charge is -2.29. The summed E-state index contributed by atoms with van der Waals surface area (Å²) in [6.45, 7) is 1.87. The van der Waals surface area contributed by atoms with Crippen LogP contribution in [0.4, 0.5) is 5.69 Å². The van der Waals surface area contributed by atoms with E-state index in [2.05, 4.69) is 16.0 Å². The molecule has 4 nitrogen and oxygen atoms in total. The van der Waals surface area contributed by atoms with Gasteiger partial charge in [0.1, 0.15) is 0 Å². The molecule has 0 fully saturated rings. The second-order valence-corrected chi connectivity index (χ2v) is 6.29. The van der Waals surface area contributed by atoms with Gasteiger partial charge in [0.15, 0.2) is 5.11 Å². The fourth-order valence-corrected chi connectivity index (χ4v) is 3.44. The van der Waals surface area contributed by atoms with Gasteiger partial charge in [-0.15, -0.1) is 11.3 Å². The minimum absolute atomic E-state index is 0.135. The normalized spacial score (nSPS) is 17.7. The fraction of sp³-hybridized carbons (Fsp3) is 0.125. The van der Waals surface area contributed by atoms with Gasteiger partial charge >= 0.3 is 0 Å². The van der Waals surface area contributed by atoms with Crippen molar-refractivity contribution in [2.75, 3.05) is 5.32 Å². The van der Waals surface area contributed by atoms with E-state index in [9.17, 15) is 4.79 Å². The molecule has 1 amide bonds. The Morgan fingerprint density at radius 1 is 1.23 bits per heavy atom. The summed E-state index contributed by atoms with van der Waals surface area (Å²) in [4.78, 5) is 13.8. The lowest BCUT2D eigenvalue weighted by Crippen LogP contribution is -2.45. The summed E-state index contributed by atoms with van der Waals surface area (Å²) < 4.78 is 0. The van der Waals surface area contributed by atoms with Crippen LogP contribution in [0.25, 0.3) is 0 Å². The Bertz CT molecular complexity index is 723. The van der Waals surface area contributed by atoms with Gasteiger partial charge in [0.25, 0.3) is 5.91 Å². The molecule has 1 aliphatic rings. The Balaban J connectivity index is 1.92. The van der Waals surface area contributed by atoms with Crippen LogP contribution >= 0.6 is 23.6 Å². The van der Waals surface area contributed by atoms with Crippen LogP contribution in [-0.2, 0) is 4.79 Å². The van der Waals surface area contributed by atoms with E-state index in [1.807, 2.05) is 54.8 Å². The molecule has 1 aliphatic heterocycles. The van der Waals surface area contributed by atoms with E-state index >= 15 is 0 Å². The Kier molecular flexibility index (Phi) is 4.22. The first-order valence-electron chi connectivity index (χ1n) is 6.83. The summed E-state index contributed by atoms with van der Waals surface area (Å²) in [5, 5.41) is 11.7. The number of thiocarbonyl (C=S) groups is 1. The first-order chi connectivity index (χ1) is 10.6. The molecule has 0 unspecified atom stereocenters. The van der Waals surface area contributed by atoms with Crippen LogP contribution in [0.3, 0.4) is 0 Å². The molecular weight excluding hydrogens is 314 g/mol. The largest absolute Gasteiger partial charge is 0.350 e. The first kappa shape index (κ1) is 14.7. The third-order valence-electron chi connectivity index (χ3n) is 3.37. The van der Waals surface area contributed by atoms with Crippen LogP contribution in [0, 0.1) is 0 Å². The van der Waals surface area contributed by atoms with Crippen molar-refractivity contribution in [2.24, 2.45) is 0 Å². The quantitative estimate of drug-likeness (QED) is 0.757. The third-order valence-corrected chi connectivity index (χ3v) is 4.53. The van der Waals surface area contributed by atoms with Crippen molar-refractivity contribution in [3.8, 4) is 0 Å². The van der Waals surface area contributed by atoms with Gasteiger partial charge in [-0.2, -0.15) is 0 Å². The third kappa shape index (κ3) is 3.03. The molecule has 1 aromatic heterocycles. The predicted octanol–water partition coefficient (Wildman–Crippen LogP) is 3.18. The van der Waals surface area contributed by atoms with Crippen molar-refractivity contribution in [3.05, 3.63) is 64.0 Å². The van der Waals surface area contributed by atoms with Crippen LogP contribution in [0.2, 0.25) is 0 Å². The molecule has 2 heterocycles. The van der Waals surface area contributed by atoms with Gasteiger partial charge in [0.2, 0.25) is 0 Å². The summed E-state index contributed by atoms with van der Waals surface area (Å²) in [6.07, 6.45) is 0. The average Bonchev–Trinajstić information content (AvgIpc) is 3.01. The highest BCUT2D eigenvalue weighted by Gasteiger charge is 2.30. The van der Waals surface area contributed by atoms with Gasteiger partial charge in [-0.25, -0.2) is 0 Å². The molecule has 0 aliphatic carbocycles. The zero-order valence-electron chi connectivity index (χ0n) is 11.9. The smallest absolute Gasteiger partial charge is 0.255 e. The van der Waals surface area contributed by atoms with E-state index in [0.717, 1.165) is 16.3 Å². The molecule has 3 rings (SSSR count). The predicted molar refractivity (Wildman–Crippen MR) is 93.7 cm³/mol. The first-order valence-corrected chi connectivity index (χ1v) is 8.12. The summed E-state index contributed by atoms with van der Waals surface area (Å²) in [7, 11) is 0. The number of para-hydroxylation sites is 1. The summed E-state index contributed by atoms with van der Waals surface area (Å²) in [5.74, 6) is -0.135. The number of hydrogen-bond acceptors (Lipinski definition) is 3. The molecule has 22 heavy (non-hydrogen) atoms.